The number of benzene rings is 2. The zero-order valence-corrected chi connectivity index (χ0v) is 11.1. The molecule has 18 heavy (non-hydrogen) atoms. The van der Waals surface area contributed by atoms with Crippen LogP contribution in [0.5, 0.6) is 5.75 Å². The molecule has 0 aliphatic rings. The lowest BCUT2D eigenvalue weighted by atomic mass is 9.94. The third kappa shape index (κ3) is 2.65. The fraction of sp³-hybridized carbons (Fsp3) is 0.375. The number of nitrogens with two attached hydrogens (primary N) is 1. The molecule has 0 aromatic heterocycles. The van der Waals surface area contributed by atoms with Crippen LogP contribution in [0.25, 0.3) is 10.8 Å². The van der Waals surface area contributed by atoms with Crippen LogP contribution in [0, 0.1) is 5.92 Å². The van der Waals surface area contributed by atoms with Crippen LogP contribution in [0.2, 0.25) is 0 Å². The van der Waals surface area contributed by atoms with Crippen LogP contribution in [-0.2, 0) is 0 Å². The third-order valence-electron chi connectivity index (χ3n) is 3.39. The molecule has 3 N–H and O–H groups in total. The molecule has 0 bridgehead atoms. The molecule has 2 rings (SSSR count). The van der Waals surface area contributed by atoms with Crippen molar-refractivity contribution in [2.45, 2.75) is 32.7 Å². The second-order valence-corrected chi connectivity index (χ2v) is 5.30. The second-order valence-electron chi connectivity index (χ2n) is 5.30. The fourth-order valence-electron chi connectivity index (χ4n) is 2.30. The summed E-state index contributed by atoms with van der Waals surface area (Å²) in [7, 11) is 0. The van der Waals surface area contributed by atoms with Crippen LogP contribution in [0.15, 0.2) is 36.4 Å². The molecular weight excluding hydrogens is 222 g/mol. The average Bonchev–Trinajstić information content (AvgIpc) is 2.37. The van der Waals surface area contributed by atoms with E-state index in [0.29, 0.717) is 11.7 Å². The van der Waals surface area contributed by atoms with Gasteiger partial charge in [-0.3, -0.25) is 0 Å². The molecule has 0 saturated carbocycles. The number of rotatable bonds is 4. The normalized spacial score (nSPS) is 13.1. The Bertz CT molecular complexity index is 534. The maximum Gasteiger partial charge on any atom is 0.123 e. The van der Waals surface area contributed by atoms with E-state index < -0.39 is 0 Å². The molecule has 2 nitrogen and oxygen atoms in total. The predicted octanol–water partition coefficient (Wildman–Crippen LogP) is 3.98. The molecule has 2 aromatic rings. The Kier molecular flexibility index (Phi) is 3.87. The van der Waals surface area contributed by atoms with E-state index in [4.69, 9.17) is 5.73 Å². The summed E-state index contributed by atoms with van der Waals surface area (Å²) in [4.78, 5) is 0. The van der Waals surface area contributed by atoms with Crippen LogP contribution in [0.4, 0.5) is 0 Å². The molecule has 0 spiro atoms. The molecule has 96 valence electrons. The van der Waals surface area contributed by atoms with Crippen molar-refractivity contribution >= 4 is 10.8 Å². The number of hydrogen-bond donors (Lipinski definition) is 2. The first-order valence-electron chi connectivity index (χ1n) is 6.55. The lowest BCUT2D eigenvalue weighted by Crippen LogP contribution is -2.11. The highest BCUT2D eigenvalue weighted by Crippen LogP contribution is 2.31. The third-order valence-corrected chi connectivity index (χ3v) is 3.39. The van der Waals surface area contributed by atoms with Gasteiger partial charge >= 0.3 is 0 Å². The molecule has 0 saturated heterocycles. The van der Waals surface area contributed by atoms with Crippen LogP contribution >= 0.6 is 0 Å². The van der Waals surface area contributed by atoms with Crippen LogP contribution in [-0.4, -0.2) is 5.11 Å². The Morgan fingerprint density at radius 2 is 1.67 bits per heavy atom. The largest absolute Gasteiger partial charge is 0.507 e. The molecule has 0 amide bonds. The van der Waals surface area contributed by atoms with E-state index in [1.54, 1.807) is 6.07 Å². The zero-order valence-electron chi connectivity index (χ0n) is 11.1. The van der Waals surface area contributed by atoms with Crippen molar-refractivity contribution in [2.75, 3.05) is 0 Å². The summed E-state index contributed by atoms with van der Waals surface area (Å²) in [5.41, 5.74) is 7.41. The van der Waals surface area contributed by atoms with Gasteiger partial charge in [0.1, 0.15) is 5.75 Å². The van der Waals surface area contributed by atoms with E-state index in [-0.39, 0.29) is 6.04 Å². The van der Waals surface area contributed by atoms with E-state index in [1.165, 1.54) is 0 Å². The summed E-state index contributed by atoms with van der Waals surface area (Å²) >= 11 is 0. The van der Waals surface area contributed by atoms with E-state index in [9.17, 15) is 5.11 Å². The fourth-order valence-corrected chi connectivity index (χ4v) is 2.30. The topological polar surface area (TPSA) is 46.2 Å². The van der Waals surface area contributed by atoms with Crippen LogP contribution in [0.3, 0.4) is 0 Å². The first-order valence-corrected chi connectivity index (χ1v) is 6.55. The molecule has 0 aliphatic heterocycles. The predicted molar refractivity (Wildman–Crippen MR) is 76.6 cm³/mol. The summed E-state index contributed by atoms with van der Waals surface area (Å²) in [5, 5.41) is 11.8. The van der Waals surface area contributed by atoms with Crippen molar-refractivity contribution in [3.8, 4) is 5.75 Å². The summed E-state index contributed by atoms with van der Waals surface area (Å²) in [6, 6.07) is 11.6. The first-order chi connectivity index (χ1) is 8.59. The van der Waals surface area contributed by atoms with E-state index in [2.05, 4.69) is 13.8 Å². The van der Waals surface area contributed by atoms with Crippen molar-refractivity contribution in [3.63, 3.8) is 0 Å². The van der Waals surface area contributed by atoms with Gasteiger partial charge in [0.05, 0.1) is 0 Å². The minimum Gasteiger partial charge on any atom is -0.507 e. The lowest BCUT2D eigenvalue weighted by molar-refractivity contribution is 0.480. The number of phenols is 1. The highest BCUT2D eigenvalue weighted by Gasteiger charge is 2.12. The first kappa shape index (κ1) is 12.9. The van der Waals surface area contributed by atoms with Gasteiger partial charge in [-0.15, -0.1) is 0 Å². The van der Waals surface area contributed by atoms with Crippen molar-refractivity contribution in [2.24, 2.45) is 11.7 Å². The summed E-state index contributed by atoms with van der Waals surface area (Å²) in [6.07, 6.45) is 2.10. The zero-order chi connectivity index (χ0) is 13.1. The average molecular weight is 243 g/mol. The van der Waals surface area contributed by atoms with Gasteiger partial charge < -0.3 is 10.8 Å². The molecule has 2 aromatic carbocycles. The molecule has 0 unspecified atom stereocenters. The van der Waals surface area contributed by atoms with Crippen molar-refractivity contribution in [3.05, 3.63) is 42.0 Å². The van der Waals surface area contributed by atoms with Crippen molar-refractivity contribution in [1.82, 2.24) is 0 Å². The van der Waals surface area contributed by atoms with Gasteiger partial charge in [0.25, 0.3) is 0 Å². The number of hydrogen-bond acceptors (Lipinski definition) is 2. The van der Waals surface area contributed by atoms with E-state index >= 15 is 0 Å². The van der Waals surface area contributed by atoms with E-state index in [0.717, 1.165) is 29.2 Å². The van der Waals surface area contributed by atoms with Gasteiger partial charge in [0, 0.05) is 11.4 Å². The molecule has 0 aliphatic carbocycles. The maximum atomic E-state index is 9.85. The smallest absolute Gasteiger partial charge is 0.123 e. The van der Waals surface area contributed by atoms with Gasteiger partial charge in [-0.05, 0) is 35.8 Å². The Morgan fingerprint density at radius 3 is 2.33 bits per heavy atom. The SMILES string of the molecule is CC(C)CC[C@@H](N)c1ccc(O)c2ccccc12. The van der Waals surface area contributed by atoms with Gasteiger partial charge in [0.15, 0.2) is 0 Å². The standard InChI is InChI=1S/C16H21NO/c1-11(2)7-9-15(17)13-8-10-16(18)14-6-4-3-5-12(13)14/h3-6,8,10-11,15,18H,7,9,17H2,1-2H3/t15-/m1/s1. The Labute approximate surface area is 108 Å². The summed E-state index contributed by atoms with van der Waals surface area (Å²) < 4.78 is 0. The number of aromatic hydroxyl groups is 1. The van der Waals surface area contributed by atoms with Crippen LogP contribution in [0.1, 0.15) is 38.3 Å². The van der Waals surface area contributed by atoms with Gasteiger partial charge in [-0.25, -0.2) is 0 Å². The monoisotopic (exact) mass is 243 g/mol. The Morgan fingerprint density at radius 1 is 1.00 bits per heavy atom. The van der Waals surface area contributed by atoms with Gasteiger partial charge in [0.2, 0.25) is 0 Å². The highest BCUT2D eigenvalue weighted by molar-refractivity contribution is 5.91. The summed E-state index contributed by atoms with van der Waals surface area (Å²) in [6.45, 7) is 4.42. The van der Waals surface area contributed by atoms with Crippen LogP contribution < -0.4 is 5.73 Å². The van der Waals surface area contributed by atoms with Gasteiger partial charge in [-0.1, -0.05) is 44.2 Å². The lowest BCUT2D eigenvalue weighted by Gasteiger charge is -2.16. The Balaban J connectivity index is 2.36. The van der Waals surface area contributed by atoms with E-state index in [1.807, 2.05) is 30.3 Å². The van der Waals surface area contributed by atoms with Gasteiger partial charge in [-0.2, -0.15) is 0 Å². The highest BCUT2D eigenvalue weighted by atomic mass is 16.3. The molecule has 0 fully saturated rings. The van der Waals surface area contributed by atoms with Crippen molar-refractivity contribution < 1.29 is 5.11 Å². The second kappa shape index (κ2) is 5.40. The van der Waals surface area contributed by atoms with Crippen molar-refractivity contribution in [1.29, 1.82) is 0 Å². The number of fused-ring (bicyclic) bond motifs is 1. The molecule has 1 atom stereocenters. The molecule has 2 heteroatoms. The Hall–Kier alpha value is -1.54. The number of phenolic OH excluding ortho intramolecular Hbond substituents is 1. The molecule has 0 radical (unpaired) electrons. The molecule has 0 heterocycles. The maximum absolute atomic E-state index is 9.85. The minimum absolute atomic E-state index is 0.0397. The summed E-state index contributed by atoms with van der Waals surface area (Å²) in [5.74, 6) is 0.991. The molecular formula is C16H21NO. The quantitative estimate of drug-likeness (QED) is 0.853. The minimum atomic E-state index is 0.0397.